The molecular formula is C7H9NOS. The molecule has 0 unspecified atom stereocenters. The number of thiol groups is 1. The van der Waals surface area contributed by atoms with Crippen LogP contribution >= 0.6 is 12.6 Å². The highest BCUT2D eigenvalue weighted by Gasteiger charge is 1.94. The van der Waals surface area contributed by atoms with Gasteiger partial charge in [0.15, 0.2) is 0 Å². The van der Waals surface area contributed by atoms with Gasteiger partial charge in [-0.05, 0) is 18.1 Å². The molecular weight excluding hydrogens is 146 g/mol. The summed E-state index contributed by atoms with van der Waals surface area (Å²) in [6, 6.07) is 1.86. The van der Waals surface area contributed by atoms with Gasteiger partial charge in [-0.1, -0.05) is 0 Å². The van der Waals surface area contributed by atoms with Gasteiger partial charge in [-0.15, -0.1) is 12.6 Å². The predicted molar refractivity (Wildman–Crippen MR) is 42.3 cm³/mol. The zero-order chi connectivity index (χ0) is 7.40. The van der Waals surface area contributed by atoms with Crippen molar-refractivity contribution in [2.45, 2.75) is 11.3 Å². The standard InChI is InChI=1S/C7H9NOS/c9-4-2-6-1-3-8-5-7(6)10/h1,3,5,9-10H,2,4H2. The van der Waals surface area contributed by atoms with Crippen LogP contribution in [0.25, 0.3) is 0 Å². The van der Waals surface area contributed by atoms with E-state index < -0.39 is 0 Å². The Morgan fingerprint density at radius 1 is 1.60 bits per heavy atom. The van der Waals surface area contributed by atoms with Crippen LogP contribution in [0.3, 0.4) is 0 Å². The Hall–Kier alpha value is -0.540. The lowest BCUT2D eigenvalue weighted by molar-refractivity contribution is 0.299. The van der Waals surface area contributed by atoms with Crippen LogP contribution in [0.15, 0.2) is 23.4 Å². The molecule has 1 N–H and O–H groups in total. The summed E-state index contributed by atoms with van der Waals surface area (Å²) in [7, 11) is 0. The Morgan fingerprint density at radius 2 is 2.40 bits per heavy atom. The van der Waals surface area contributed by atoms with Gasteiger partial charge in [-0.25, -0.2) is 0 Å². The highest BCUT2D eigenvalue weighted by atomic mass is 32.1. The van der Waals surface area contributed by atoms with Crippen LogP contribution in [0.2, 0.25) is 0 Å². The molecule has 10 heavy (non-hydrogen) atoms. The molecule has 0 bridgehead atoms. The molecule has 0 atom stereocenters. The van der Waals surface area contributed by atoms with E-state index in [4.69, 9.17) is 5.11 Å². The van der Waals surface area contributed by atoms with Gasteiger partial charge in [-0.3, -0.25) is 4.98 Å². The highest BCUT2D eigenvalue weighted by molar-refractivity contribution is 7.80. The summed E-state index contributed by atoms with van der Waals surface area (Å²) in [4.78, 5) is 4.71. The molecule has 0 aliphatic carbocycles. The van der Waals surface area contributed by atoms with Crippen molar-refractivity contribution in [3.05, 3.63) is 24.0 Å². The maximum absolute atomic E-state index is 8.59. The zero-order valence-electron chi connectivity index (χ0n) is 5.49. The molecule has 1 aromatic rings. The fourth-order valence-corrected chi connectivity index (χ4v) is 1.000. The van der Waals surface area contributed by atoms with Gasteiger partial charge in [0.1, 0.15) is 0 Å². The van der Waals surface area contributed by atoms with Gasteiger partial charge in [0, 0.05) is 23.9 Å². The topological polar surface area (TPSA) is 33.1 Å². The summed E-state index contributed by atoms with van der Waals surface area (Å²) < 4.78 is 0. The first kappa shape index (κ1) is 7.57. The zero-order valence-corrected chi connectivity index (χ0v) is 6.38. The fourth-order valence-electron chi connectivity index (χ4n) is 0.747. The first-order valence-corrected chi connectivity index (χ1v) is 3.52. The SMILES string of the molecule is OCCc1ccncc1S. The van der Waals surface area contributed by atoms with Gasteiger partial charge < -0.3 is 5.11 Å². The molecule has 0 aromatic carbocycles. The van der Waals surface area contributed by atoms with E-state index in [1.807, 2.05) is 6.07 Å². The van der Waals surface area contributed by atoms with Gasteiger partial charge in [-0.2, -0.15) is 0 Å². The second-order valence-corrected chi connectivity index (χ2v) is 2.46. The number of hydrogen-bond donors (Lipinski definition) is 2. The number of nitrogens with zero attached hydrogens (tertiary/aromatic N) is 1. The molecule has 1 rings (SSSR count). The van der Waals surface area contributed by atoms with E-state index in [0.29, 0.717) is 6.42 Å². The Balaban J connectivity index is 2.81. The number of aromatic nitrogens is 1. The van der Waals surface area contributed by atoms with Crippen molar-refractivity contribution in [2.75, 3.05) is 6.61 Å². The number of rotatable bonds is 2. The molecule has 0 amide bonds. The van der Waals surface area contributed by atoms with Gasteiger partial charge in [0.25, 0.3) is 0 Å². The minimum absolute atomic E-state index is 0.164. The Kier molecular flexibility index (Phi) is 2.71. The molecule has 0 saturated carbocycles. The summed E-state index contributed by atoms with van der Waals surface area (Å²) in [5.41, 5.74) is 1.04. The molecule has 1 aromatic heterocycles. The largest absolute Gasteiger partial charge is 0.396 e. The van der Waals surface area contributed by atoms with Gasteiger partial charge in [0.2, 0.25) is 0 Å². The monoisotopic (exact) mass is 155 g/mol. The van der Waals surface area contributed by atoms with Crippen molar-refractivity contribution in [1.29, 1.82) is 0 Å². The van der Waals surface area contributed by atoms with E-state index >= 15 is 0 Å². The highest BCUT2D eigenvalue weighted by Crippen LogP contribution is 2.10. The third kappa shape index (κ3) is 1.72. The minimum atomic E-state index is 0.164. The molecule has 3 heteroatoms. The summed E-state index contributed by atoms with van der Waals surface area (Å²) in [6.07, 6.45) is 4.03. The van der Waals surface area contributed by atoms with Crippen molar-refractivity contribution >= 4 is 12.6 Å². The first-order chi connectivity index (χ1) is 4.84. The van der Waals surface area contributed by atoms with Crippen molar-refractivity contribution in [2.24, 2.45) is 0 Å². The number of aliphatic hydroxyl groups excluding tert-OH is 1. The van der Waals surface area contributed by atoms with E-state index in [9.17, 15) is 0 Å². The Morgan fingerprint density at radius 3 is 3.00 bits per heavy atom. The van der Waals surface area contributed by atoms with E-state index in [1.165, 1.54) is 0 Å². The smallest absolute Gasteiger partial charge is 0.0471 e. The third-order valence-electron chi connectivity index (χ3n) is 1.27. The summed E-state index contributed by atoms with van der Waals surface area (Å²) in [5.74, 6) is 0. The average molecular weight is 155 g/mol. The molecule has 0 aliphatic heterocycles. The third-order valence-corrected chi connectivity index (χ3v) is 1.67. The lowest BCUT2D eigenvalue weighted by Crippen LogP contribution is -1.91. The normalized spacial score (nSPS) is 9.80. The molecule has 2 nitrogen and oxygen atoms in total. The van der Waals surface area contributed by atoms with Crippen molar-refractivity contribution in [3.63, 3.8) is 0 Å². The summed E-state index contributed by atoms with van der Waals surface area (Å²) >= 11 is 4.16. The molecule has 0 saturated heterocycles. The van der Waals surface area contributed by atoms with E-state index in [0.717, 1.165) is 10.5 Å². The van der Waals surface area contributed by atoms with Crippen molar-refractivity contribution in [3.8, 4) is 0 Å². The number of aliphatic hydroxyl groups is 1. The van der Waals surface area contributed by atoms with Crippen LogP contribution in [0.4, 0.5) is 0 Å². The van der Waals surface area contributed by atoms with Crippen LogP contribution in [0, 0.1) is 0 Å². The van der Waals surface area contributed by atoms with E-state index in [2.05, 4.69) is 17.6 Å². The summed E-state index contributed by atoms with van der Waals surface area (Å²) in [6.45, 7) is 0.164. The molecule has 1 heterocycles. The fraction of sp³-hybridized carbons (Fsp3) is 0.286. The van der Waals surface area contributed by atoms with Crippen LogP contribution in [-0.2, 0) is 6.42 Å². The predicted octanol–water partition coefficient (Wildman–Crippen LogP) is 0.905. The maximum Gasteiger partial charge on any atom is 0.0471 e. The van der Waals surface area contributed by atoms with Crippen LogP contribution in [-0.4, -0.2) is 16.7 Å². The molecule has 0 fully saturated rings. The molecule has 0 spiro atoms. The lowest BCUT2D eigenvalue weighted by Gasteiger charge is -1.99. The van der Waals surface area contributed by atoms with E-state index in [-0.39, 0.29) is 6.61 Å². The van der Waals surface area contributed by atoms with Gasteiger partial charge >= 0.3 is 0 Å². The molecule has 0 aliphatic rings. The quantitative estimate of drug-likeness (QED) is 0.622. The van der Waals surface area contributed by atoms with Gasteiger partial charge in [0.05, 0.1) is 0 Å². The molecule has 0 radical (unpaired) electrons. The number of pyridine rings is 1. The lowest BCUT2D eigenvalue weighted by atomic mass is 10.2. The van der Waals surface area contributed by atoms with Crippen LogP contribution in [0.5, 0.6) is 0 Å². The second-order valence-electron chi connectivity index (χ2n) is 1.98. The Bertz CT molecular complexity index is 215. The summed E-state index contributed by atoms with van der Waals surface area (Å²) in [5, 5.41) is 8.59. The maximum atomic E-state index is 8.59. The second kappa shape index (κ2) is 3.58. The van der Waals surface area contributed by atoms with Crippen molar-refractivity contribution < 1.29 is 5.11 Å². The average Bonchev–Trinajstić information content (AvgIpc) is 1.94. The Labute approximate surface area is 65.3 Å². The number of hydrogen-bond acceptors (Lipinski definition) is 3. The van der Waals surface area contributed by atoms with Crippen molar-refractivity contribution in [1.82, 2.24) is 4.98 Å². The van der Waals surface area contributed by atoms with E-state index in [1.54, 1.807) is 12.4 Å². The minimum Gasteiger partial charge on any atom is -0.396 e. The molecule has 54 valence electrons. The van der Waals surface area contributed by atoms with Crippen LogP contribution < -0.4 is 0 Å². The first-order valence-electron chi connectivity index (χ1n) is 3.07. The van der Waals surface area contributed by atoms with Crippen LogP contribution in [0.1, 0.15) is 5.56 Å².